The first kappa shape index (κ1) is 13.9. The molecule has 0 aliphatic carbocycles. The molecule has 1 saturated heterocycles. The lowest BCUT2D eigenvalue weighted by atomic mass is 9.90. The molecule has 1 aliphatic heterocycles. The van der Waals surface area contributed by atoms with Gasteiger partial charge >= 0.3 is 0 Å². The van der Waals surface area contributed by atoms with Gasteiger partial charge in [0.15, 0.2) is 0 Å². The molecule has 3 N–H and O–H groups in total. The molecule has 2 unspecified atom stereocenters. The van der Waals surface area contributed by atoms with E-state index in [2.05, 4.69) is 44.9 Å². The number of benzene rings is 1. The summed E-state index contributed by atoms with van der Waals surface area (Å²) < 4.78 is 0. The third kappa shape index (κ3) is 2.57. The summed E-state index contributed by atoms with van der Waals surface area (Å²) in [5.41, 5.74) is 9.85. The first-order valence-electron chi connectivity index (χ1n) is 7.65. The normalized spacial score (nSPS) is 21.3. The molecule has 1 fully saturated rings. The number of pyridine rings is 1. The van der Waals surface area contributed by atoms with Crippen LogP contribution in [0.2, 0.25) is 0 Å². The van der Waals surface area contributed by atoms with Crippen LogP contribution in [0.1, 0.15) is 24.9 Å². The van der Waals surface area contributed by atoms with E-state index in [1.54, 1.807) is 12.4 Å². The average molecular weight is 307 g/mol. The molecule has 0 saturated carbocycles. The Labute approximate surface area is 133 Å². The molecule has 4 rings (SSSR count). The maximum absolute atomic E-state index is 11.4. The van der Waals surface area contributed by atoms with E-state index >= 15 is 0 Å². The predicted molar refractivity (Wildman–Crippen MR) is 87.1 cm³/mol. The second-order valence-electron chi connectivity index (χ2n) is 5.95. The number of carbonyl (C=O) groups excluding carboxylic acids is 1. The van der Waals surface area contributed by atoms with E-state index in [1.165, 1.54) is 0 Å². The van der Waals surface area contributed by atoms with Crippen LogP contribution in [0.15, 0.2) is 42.7 Å². The number of rotatable bonds is 2. The summed E-state index contributed by atoms with van der Waals surface area (Å²) in [7, 11) is 0. The van der Waals surface area contributed by atoms with Crippen LogP contribution < -0.4 is 10.9 Å². The number of fused-ring (bicyclic) bond motifs is 1. The number of aromatic nitrogens is 3. The Morgan fingerprint density at radius 1 is 1.17 bits per heavy atom. The molecule has 116 valence electrons. The number of hydrazine groups is 1. The van der Waals surface area contributed by atoms with Gasteiger partial charge in [-0.2, -0.15) is 0 Å². The fourth-order valence-electron chi connectivity index (χ4n) is 3.04. The molecule has 0 radical (unpaired) electrons. The van der Waals surface area contributed by atoms with E-state index in [0.717, 1.165) is 28.0 Å². The Balaban J connectivity index is 1.70. The Kier molecular flexibility index (Phi) is 3.31. The largest absolute Gasteiger partial charge is 0.338 e. The quantitative estimate of drug-likeness (QED) is 0.678. The van der Waals surface area contributed by atoms with Crippen LogP contribution in [0.25, 0.3) is 22.4 Å². The number of hydrogen-bond acceptors (Lipinski definition) is 4. The second kappa shape index (κ2) is 5.48. The van der Waals surface area contributed by atoms with Crippen LogP contribution in [0.5, 0.6) is 0 Å². The molecule has 1 aromatic carbocycles. The lowest BCUT2D eigenvalue weighted by Crippen LogP contribution is -2.48. The fourth-order valence-corrected chi connectivity index (χ4v) is 3.04. The molecule has 2 atom stereocenters. The highest BCUT2D eigenvalue weighted by atomic mass is 16.2. The maximum Gasteiger partial charge on any atom is 0.234 e. The molecule has 0 spiro atoms. The standard InChI is InChI=1S/C17H17N5O/c1-10-8-15(23)21-22-16(10)12-2-3-13-14(9-12)20-17(19-13)11-4-6-18-7-5-11/h2-7,9-10,16,22H,8H2,1H3,(H,19,20)(H,21,23). The Hall–Kier alpha value is -2.73. The summed E-state index contributed by atoms with van der Waals surface area (Å²) in [6.45, 7) is 2.08. The molecule has 3 aromatic rings. The monoisotopic (exact) mass is 307 g/mol. The summed E-state index contributed by atoms with van der Waals surface area (Å²) in [6.07, 6.45) is 4.03. The molecule has 2 aromatic heterocycles. The van der Waals surface area contributed by atoms with Gasteiger partial charge in [-0.25, -0.2) is 10.4 Å². The lowest BCUT2D eigenvalue weighted by molar-refractivity contribution is -0.125. The van der Waals surface area contributed by atoms with Crippen molar-refractivity contribution in [1.29, 1.82) is 0 Å². The minimum Gasteiger partial charge on any atom is -0.338 e. The van der Waals surface area contributed by atoms with Crippen LogP contribution in [0, 0.1) is 5.92 Å². The van der Waals surface area contributed by atoms with Gasteiger partial charge < -0.3 is 4.98 Å². The van der Waals surface area contributed by atoms with Gasteiger partial charge in [-0.3, -0.25) is 15.2 Å². The minimum absolute atomic E-state index is 0.0366. The van der Waals surface area contributed by atoms with Crippen molar-refractivity contribution in [3.63, 3.8) is 0 Å². The molecule has 6 nitrogen and oxygen atoms in total. The van der Waals surface area contributed by atoms with Gasteiger partial charge in [0.25, 0.3) is 0 Å². The minimum atomic E-state index is 0.0366. The Morgan fingerprint density at radius 2 is 2.00 bits per heavy atom. The molecule has 1 amide bonds. The van der Waals surface area contributed by atoms with Crippen molar-refractivity contribution < 1.29 is 4.79 Å². The Bertz CT molecular complexity index is 858. The van der Waals surface area contributed by atoms with Gasteiger partial charge in [-0.15, -0.1) is 0 Å². The highest BCUT2D eigenvalue weighted by molar-refractivity contribution is 5.80. The highest BCUT2D eigenvalue weighted by Crippen LogP contribution is 2.29. The van der Waals surface area contributed by atoms with Gasteiger partial charge in [0.05, 0.1) is 17.1 Å². The van der Waals surface area contributed by atoms with Gasteiger partial charge in [0, 0.05) is 24.4 Å². The van der Waals surface area contributed by atoms with Crippen molar-refractivity contribution in [2.75, 3.05) is 0 Å². The lowest BCUT2D eigenvalue weighted by Gasteiger charge is -2.30. The number of aromatic amines is 1. The fraction of sp³-hybridized carbons (Fsp3) is 0.235. The van der Waals surface area contributed by atoms with Crippen LogP contribution >= 0.6 is 0 Å². The zero-order chi connectivity index (χ0) is 15.8. The predicted octanol–water partition coefficient (Wildman–Crippen LogP) is 2.33. The zero-order valence-corrected chi connectivity index (χ0v) is 12.7. The summed E-state index contributed by atoms with van der Waals surface area (Å²) in [5, 5.41) is 0. The maximum atomic E-state index is 11.4. The smallest absolute Gasteiger partial charge is 0.234 e. The van der Waals surface area contributed by atoms with E-state index in [0.29, 0.717) is 6.42 Å². The van der Waals surface area contributed by atoms with Crippen molar-refractivity contribution in [3.05, 3.63) is 48.3 Å². The molecule has 0 bridgehead atoms. The Morgan fingerprint density at radius 3 is 2.78 bits per heavy atom. The van der Waals surface area contributed by atoms with Crippen LogP contribution in [-0.4, -0.2) is 20.9 Å². The summed E-state index contributed by atoms with van der Waals surface area (Å²) in [6, 6.07) is 10.1. The zero-order valence-electron chi connectivity index (χ0n) is 12.7. The number of hydrogen-bond donors (Lipinski definition) is 3. The van der Waals surface area contributed by atoms with E-state index < -0.39 is 0 Å². The molecular weight excluding hydrogens is 290 g/mol. The van der Waals surface area contributed by atoms with Crippen LogP contribution in [0.4, 0.5) is 0 Å². The van der Waals surface area contributed by atoms with Gasteiger partial charge in [0.1, 0.15) is 5.82 Å². The summed E-state index contributed by atoms with van der Waals surface area (Å²) >= 11 is 0. The molecule has 1 aliphatic rings. The third-order valence-corrected chi connectivity index (χ3v) is 4.26. The molecule has 23 heavy (non-hydrogen) atoms. The third-order valence-electron chi connectivity index (χ3n) is 4.26. The second-order valence-corrected chi connectivity index (χ2v) is 5.95. The topological polar surface area (TPSA) is 82.7 Å². The first-order chi connectivity index (χ1) is 11.2. The van der Waals surface area contributed by atoms with E-state index in [9.17, 15) is 4.79 Å². The number of nitrogens with zero attached hydrogens (tertiary/aromatic N) is 2. The van der Waals surface area contributed by atoms with Gasteiger partial charge in [-0.1, -0.05) is 13.0 Å². The number of amides is 1. The highest BCUT2D eigenvalue weighted by Gasteiger charge is 2.26. The van der Waals surface area contributed by atoms with Gasteiger partial charge in [0.2, 0.25) is 5.91 Å². The molecule has 3 heterocycles. The van der Waals surface area contributed by atoms with E-state index in [4.69, 9.17) is 0 Å². The number of carbonyl (C=O) groups is 1. The van der Waals surface area contributed by atoms with Crippen molar-refractivity contribution in [2.24, 2.45) is 5.92 Å². The SMILES string of the molecule is CC1CC(=O)NNC1c1ccc2[nH]c(-c3ccncc3)nc2c1. The van der Waals surface area contributed by atoms with Gasteiger partial charge in [-0.05, 0) is 35.7 Å². The van der Waals surface area contributed by atoms with Crippen LogP contribution in [-0.2, 0) is 4.79 Å². The number of H-pyrrole nitrogens is 1. The van der Waals surface area contributed by atoms with Crippen molar-refractivity contribution in [1.82, 2.24) is 25.8 Å². The molecule has 6 heteroatoms. The number of imidazole rings is 1. The van der Waals surface area contributed by atoms with Crippen LogP contribution in [0.3, 0.4) is 0 Å². The van der Waals surface area contributed by atoms with E-state index in [1.807, 2.05) is 18.2 Å². The number of nitrogens with one attached hydrogen (secondary N) is 3. The summed E-state index contributed by atoms with van der Waals surface area (Å²) in [4.78, 5) is 23.5. The summed E-state index contributed by atoms with van der Waals surface area (Å²) in [5.74, 6) is 1.10. The first-order valence-corrected chi connectivity index (χ1v) is 7.65. The van der Waals surface area contributed by atoms with Crippen molar-refractivity contribution in [2.45, 2.75) is 19.4 Å². The van der Waals surface area contributed by atoms with Crippen molar-refractivity contribution in [3.8, 4) is 11.4 Å². The average Bonchev–Trinajstić information content (AvgIpc) is 2.99. The molecular formula is C17H17N5O. The van der Waals surface area contributed by atoms with Crippen molar-refractivity contribution >= 4 is 16.9 Å². The van der Waals surface area contributed by atoms with E-state index in [-0.39, 0.29) is 17.9 Å².